The summed E-state index contributed by atoms with van der Waals surface area (Å²) >= 11 is 0. The minimum absolute atomic E-state index is 0.0293. The molecular formula is C33H37FN4O4S. The molecule has 0 bridgehead atoms. The normalized spacial score (nSPS) is 16.4. The third-order valence-electron chi connectivity index (χ3n) is 7.78. The predicted molar refractivity (Wildman–Crippen MR) is 167 cm³/mol. The molecule has 1 atom stereocenters. The molecule has 226 valence electrons. The fraction of sp³-hybridized carbons (Fsp3) is 0.333. The molecule has 0 amide bonds. The maximum Gasteiger partial charge on any atom is 0.240 e. The molecular weight excluding hydrogens is 567 g/mol. The van der Waals surface area contributed by atoms with Gasteiger partial charge in [0.2, 0.25) is 10.0 Å². The molecule has 1 aliphatic carbocycles. The van der Waals surface area contributed by atoms with Gasteiger partial charge in [-0.3, -0.25) is 10.8 Å². The highest BCUT2D eigenvalue weighted by Crippen LogP contribution is 2.36. The monoisotopic (exact) mass is 604 g/mol. The van der Waals surface area contributed by atoms with Crippen molar-refractivity contribution < 1.29 is 22.3 Å². The zero-order valence-corrected chi connectivity index (χ0v) is 25.6. The van der Waals surface area contributed by atoms with Gasteiger partial charge >= 0.3 is 0 Å². The van der Waals surface area contributed by atoms with Crippen LogP contribution in [0.25, 0.3) is 23.0 Å². The number of ether oxygens (including phenoxy) is 2. The first-order valence-corrected chi connectivity index (χ1v) is 15.9. The maximum atomic E-state index is 15.4. The molecule has 10 heteroatoms. The molecule has 8 nitrogen and oxygen atoms in total. The second-order valence-corrected chi connectivity index (χ2v) is 13.5. The zero-order chi connectivity index (χ0) is 30.9. The molecule has 1 aliphatic heterocycles. The fourth-order valence-electron chi connectivity index (χ4n) is 5.44. The number of fused-ring (bicyclic) bond motifs is 2. The second kappa shape index (κ2) is 12.0. The Labute approximate surface area is 251 Å². The van der Waals surface area contributed by atoms with Crippen molar-refractivity contribution in [2.24, 2.45) is 11.3 Å². The van der Waals surface area contributed by atoms with Crippen LogP contribution in [-0.2, 0) is 14.8 Å². The molecule has 5 rings (SSSR count). The Balaban J connectivity index is 1.62. The first kappa shape index (κ1) is 30.6. The van der Waals surface area contributed by atoms with Crippen LogP contribution in [0.15, 0.2) is 59.5 Å². The molecule has 1 heterocycles. The summed E-state index contributed by atoms with van der Waals surface area (Å²) in [5.74, 6) is 0.773. The van der Waals surface area contributed by atoms with Gasteiger partial charge in [-0.2, -0.15) is 0 Å². The average Bonchev–Trinajstić information content (AvgIpc) is 3.24. The first-order chi connectivity index (χ1) is 20.4. The number of hydrogen-bond acceptors (Lipinski definition) is 6. The number of sulfonamides is 1. The van der Waals surface area contributed by atoms with Crippen molar-refractivity contribution in [3.63, 3.8) is 0 Å². The molecule has 2 aliphatic rings. The van der Waals surface area contributed by atoms with Crippen LogP contribution in [0.5, 0.6) is 5.75 Å². The van der Waals surface area contributed by atoms with Gasteiger partial charge in [0, 0.05) is 53.7 Å². The van der Waals surface area contributed by atoms with Crippen molar-refractivity contribution in [1.82, 2.24) is 10.0 Å². The Morgan fingerprint density at radius 3 is 2.42 bits per heavy atom. The van der Waals surface area contributed by atoms with E-state index in [1.54, 1.807) is 30.3 Å². The van der Waals surface area contributed by atoms with Crippen molar-refractivity contribution in [1.29, 1.82) is 10.8 Å². The van der Waals surface area contributed by atoms with Gasteiger partial charge in [-0.15, -0.1) is 0 Å². The Bertz CT molecular complexity index is 1810. The second-order valence-electron chi connectivity index (χ2n) is 11.8. The van der Waals surface area contributed by atoms with E-state index in [2.05, 4.69) is 36.9 Å². The van der Waals surface area contributed by atoms with Crippen LogP contribution >= 0.6 is 0 Å². The first-order valence-electron chi connectivity index (χ1n) is 14.4. The van der Waals surface area contributed by atoms with Gasteiger partial charge in [-0.05, 0) is 66.3 Å². The molecule has 43 heavy (non-hydrogen) atoms. The van der Waals surface area contributed by atoms with E-state index in [0.717, 1.165) is 5.22 Å². The van der Waals surface area contributed by atoms with Crippen LogP contribution in [0.2, 0.25) is 0 Å². The van der Waals surface area contributed by atoms with E-state index in [1.807, 2.05) is 13.0 Å². The predicted octanol–water partition coefficient (Wildman–Crippen LogP) is 4.49. The van der Waals surface area contributed by atoms with Crippen LogP contribution in [0.4, 0.5) is 4.39 Å². The molecule has 0 aromatic heterocycles. The molecule has 1 unspecified atom stereocenters. The summed E-state index contributed by atoms with van der Waals surface area (Å²) in [4.78, 5) is 0.120. The number of hydrogen-bond donors (Lipinski definition) is 4. The lowest BCUT2D eigenvalue weighted by molar-refractivity contribution is 0.146. The van der Waals surface area contributed by atoms with E-state index in [9.17, 15) is 8.42 Å². The molecule has 0 fully saturated rings. The molecule has 0 spiro atoms. The van der Waals surface area contributed by atoms with Crippen LogP contribution in [0.1, 0.15) is 51.7 Å². The highest BCUT2D eigenvalue weighted by atomic mass is 32.2. The molecule has 0 saturated carbocycles. The summed E-state index contributed by atoms with van der Waals surface area (Å²) in [7, 11) is -3.71. The third kappa shape index (κ3) is 6.27. The highest BCUT2D eigenvalue weighted by Gasteiger charge is 2.33. The van der Waals surface area contributed by atoms with Gasteiger partial charge in [0.25, 0.3) is 0 Å². The minimum atomic E-state index is -3.71. The number of nitrogens with one attached hydrogen (secondary N) is 4. The maximum absolute atomic E-state index is 15.4. The van der Waals surface area contributed by atoms with E-state index in [1.165, 1.54) is 18.2 Å². The van der Waals surface area contributed by atoms with E-state index < -0.39 is 15.8 Å². The van der Waals surface area contributed by atoms with Crippen molar-refractivity contribution in [3.8, 4) is 16.9 Å². The smallest absolute Gasteiger partial charge is 0.240 e. The van der Waals surface area contributed by atoms with Gasteiger partial charge in [0.15, 0.2) is 0 Å². The summed E-state index contributed by atoms with van der Waals surface area (Å²) in [5.41, 5.74) is 1.68. The number of amidine groups is 2. The Hall–Kier alpha value is -3.86. The largest absolute Gasteiger partial charge is 0.461 e. The molecule has 3 aromatic carbocycles. The lowest BCUT2D eigenvalue weighted by Gasteiger charge is -2.32. The van der Waals surface area contributed by atoms with Crippen molar-refractivity contribution >= 4 is 33.5 Å². The zero-order valence-electron chi connectivity index (χ0n) is 24.8. The molecule has 0 radical (unpaired) electrons. The van der Waals surface area contributed by atoms with Crippen LogP contribution in [0, 0.1) is 28.0 Å². The van der Waals surface area contributed by atoms with Crippen LogP contribution in [0.3, 0.4) is 0 Å². The van der Waals surface area contributed by atoms with Crippen molar-refractivity contribution in [2.45, 2.75) is 45.4 Å². The lowest BCUT2D eigenvalue weighted by atomic mass is 9.75. The van der Waals surface area contributed by atoms with Crippen molar-refractivity contribution in [2.75, 3.05) is 19.8 Å². The summed E-state index contributed by atoms with van der Waals surface area (Å²) in [6, 6.07) is 14.5. The standard InChI is InChI=1S/C33H37FN4O4S/c1-5-41-16-8-15-37-43(39,40)23-13-11-22(12-14-23)42-27-19-21(33(2,3)4)17-20-18-25-30(32(36)38-31(25)35)29(28(20)27)24-9-6-7-10-26(24)34/h6-7,9-14,17-18,21,37H,5,8,15-16,19H2,1-4H3,(H3,35,36,38). The molecule has 4 N–H and O–H groups in total. The topological polar surface area (TPSA) is 124 Å². The lowest BCUT2D eigenvalue weighted by Crippen LogP contribution is -2.39. The molecule has 0 saturated heterocycles. The number of rotatable bonds is 10. The summed E-state index contributed by atoms with van der Waals surface area (Å²) in [6.07, 6.45) is 3.23. The average molecular weight is 605 g/mol. The summed E-state index contributed by atoms with van der Waals surface area (Å²) < 4.78 is 55.4. The van der Waals surface area contributed by atoms with Gasteiger partial charge in [0.05, 0.1) is 4.90 Å². The minimum Gasteiger partial charge on any atom is -0.461 e. The Morgan fingerprint density at radius 1 is 1.02 bits per heavy atom. The van der Waals surface area contributed by atoms with E-state index in [-0.39, 0.29) is 34.4 Å². The van der Waals surface area contributed by atoms with Crippen LogP contribution < -0.4 is 25.2 Å². The highest BCUT2D eigenvalue weighted by molar-refractivity contribution is 7.89. The SMILES string of the molecule is CCOCCCNS(=O)(=O)c1ccc(OC2=c3c(-c4ccccc4F)c4c(cc3=CC(C(C)(C)C)C2)C(=N)NC4=N)cc1. The van der Waals surface area contributed by atoms with Crippen LogP contribution in [-0.4, -0.2) is 39.8 Å². The molecule has 3 aromatic rings. The Morgan fingerprint density at radius 2 is 1.74 bits per heavy atom. The third-order valence-corrected chi connectivity index (χ3v) is 9.26. The Kier molecular flexibility index (Phi) is 8.56. The summed E-state index contributed by atoms with van der Waals surface area (Å²) in [6.45, 7) is 9.64. The number of benzene rings is 3. The fourth-order valence-corrected chi connectivity index (χ4v) is 6.52. The number of halogens is 1. The van der Waals surface area contributed by atoms with Gasteiger partial charge in [-0.25, -0.2) is 17.5 Å². The van der Waals surface area contributed by atoms with E-state index >= 15 is 4.39 Å². The van der Waals surface area contributed by atoms with Gasteiger partial charge < -0.3 is 14.8 Å². The van der Waals surface area contributed by atoms with E-state index in [4.69, 9.17) is 20.3 Å². The van der Waals surface area contributed by atoms with Gasteiger partial charge in [0.1, 0.15) is 29.0 Å². The van der Waals surface area contributed by atoms with E-state index in [0.29, 0.717) is 65.0 Å². The summed E-state index contributed by atoms with van der Waals surface area (Å²) in [5, 5.41) is 21.4. The quantitative estimate of drug-likeness (QED) is 0.254. The van der Waals surface area contributed by atoms with Gasteiger partial charge in [-0.1, -0.05) is 45.0 Å². The van der Waals surface area contributed by atoms with Crippen molar-refractivity contribution in [3.05, 3.63) is 82.0 Å².